The minimum atomic E-state index is -0.306. The molecule has 0 spiro atoms. The van der Waals surface area contributed by atoms with Crippen LogP contribution in [0.5, 0.6) is 0 Å². The summed E-state index contributed by atoms with van der Waals surface area (Å²) in [5.41, 5.74) is 0. The number of diazo groups is 1. The van der Waals surface area contributed by atoms with Crippen molar-refractivity contribution >= 4 is 0 Å². The molecular formula is C7H11N2O2+. The summed E-state index contributed by atoms with van der Waals surface area (Å²) < 4.78 is 5.01. The van der Waals surface area contributed by atoms with Gasteiger partial charge in [0.15, 0.2) is 4.98 Å². The van der Waals surface area contributed by atoms with Gasteiger partial charge in [-0.2, -0.15) is 0 Å². The fourth-order valence-electron chi connectivity index (χ4n) is 1.26. The summed E-state index contributed by atoms with van der Waals surface area (Å²) in [5.74, 6) is -0.306. The molecule has 1 fully saturated rings. The van der Waals surface area contributed by atoms with E-state index in [0.29, 0.717) is 0 Å². The van der Waals surface area contributed by atoms with Gasteiger partial charge in [-0.1, -0.05) is 0 Å². The van der Waals surface area contributed by atoms with Crippen LogP contribution in [0.25, 0.3) is 4.98 Å². The third kappa shape index (κ3) is 2.46. The van der Waals surface area contributed by atoms with Crippen LogP contribution in [0.1, 0.15) is 25.7 Å². The first-order chi connectivity index (χ1) is 5.33. The van der Waals surface area contributed by atoms with Crippen molar-refractivity contribution in [2.75, 3.05) is 0 Å². The minimum absolute atomic E-state index is 0.105. The predicted octanol–water partition coefficient (Wildman–Crippen LogP) is 2.16. The van der Waals surface area contributed by atoms with Crippen molar-refractivity contribution in [3.63, 3.8) is 0 Å². The van der Waals surface area contributed by atoms with E-state index in [-0.39, 0.29) is 12.0 Å². The molecule has 4 nitrogen and oxygen atoms in total. The second kappa shape index (κ2) is 3.81. The van der Waals surface area contributed by atoms with Crippen molar-refractivity contribution in [2.45, 2.75) is 31.8 Å². The number of nitrogens with zero attached hydrogens (tertiary/aromatic N) is 2. The molecule has 1 rings (SSSR count). The third-order valence-corrected chi connectivity index (χ3v) is 1.76. The van der Waals surface area contributed by atoms with Crippen LogP contribution in [-0.4, -0.2) is 11.2 Å². The fourth-order valence-corrected chi connectivity index (χ4v) is 1.26. The number of hydrogen-bond acceptors (Lipinski definition) is 3. The van der Waals surface area contributed by atoms with Crippen LogP contribution < -0.4 is 0 Å². The summed E-state index contributed by atoms with van der Waals surface area (Å²) in [7, 11) is 0. The SMILES string of the molecule is N#[N+]/C=C(\O)OC1CCCC1. The Balaban J connectivity index is 2.30. The standard InChI is InChI=1S/C7H10N2O2/c8-9-5-7(10)11-6-3-1-2-4-6/h5-6H,1-4H2/p+1/b7-5+. The predicted molar refractivity (Wildman–Crippen MR) is 39.1 cm³/mol. The maximum Gasteiger partial charge on any atom is 0.429 e. The van der Waals surface area contributed by atoms with Crippen molar-refractivity contribution < 1.29 is 9.84 Å². The number of rotatable bonds is 2. The first-order valence-corrected chi connectivity index (χ1v) is 3.73. The van der Waals surface area contributed by atoms with E-state index in [0.717, 1.165) is 31.9 Å². The Kier molecular flexibility index (Phi) is 2.73. The Bertz CT molecular complexity index is 189. The van der Waals surface area contributed by atoms with E-state index >= 15 is 0 Å². The molecule has 1 aliphatic carbocycles. The summed E-state index contributed by atoms with van der Waals surface area (Å²) in [6.45, 7) is 0. The van der Waals surface area contributed by atoms with Crippen molar-refractivity contribution in [1.29, 1.82) is 5.39 Å². The molecule has 0 aliphatic heterocycles. The van der Waals surface area contributed by atoms with Gasteiger partial charge in [0.1, 0.15) is 6.10 Å². The summed E-state index contributed by atoms with van der Waals surface area (Å²) in [6, 6.07) is 0. The molecule has 0 bridgehead atoms. The lowest BCUT2D eigenvalue weighted by atomic mass is 10.3. The molecule has 1 saturated carbocycles. The molecule has 0 aromatic rings. The average molecular weight is 155 g/mol. The zero-order valence-corrected chi connectivity index (χ0v) is 6.23. The monoisotopic (exact) mass is 155 g/mol. The van der Waals surface area contributed by atoms with Gasteiger partial charge in [0.05, 0.1) is 0 Å². The lowest BCUT2D eigenvalue weighted by Crippen LogP contribution is -2.06. The third-order valence-electron chi connectivity index (χ3n) is 1.76. The van der Waals surface area contributed by atoms with Crippen LogP contribution in [0.15, 0.2) is 12.1 Å². The second-order valence-corrected chi connectivity index (χ2v) is 2.61. The van der Waals surface area contributed by atoms with E-state index in [9.17, 15) is 0 Å². The van der Waals surface area contributed by atoms with Crippen molar-refractivity contribution in [2.24, 2.45) is 0 Å². The molecule has 11 heavy (non-hydrogen) atoms. The number of hydrogen-bond donors (Lipinski definition) is 1. The van der Waals surface area contributed by atoms with Crippen LogP contribution in [0.2, 0.25) is 0 Å². The average Bonchev–Trinajstić information content (AvgIpc) is 2.40. The molecule has 1 aliphatic rings. The molecule has 0 radical (unpaired) electrons. The van der Waals surface area contributed by atoms with Crippen molar-refractivity contribution in [3.8, 4) is 0 Å². The van der Waals surface area contributed by atoms with Crippen LogP contribution in [-0.2, 0) is 4.74 Å². The highest BCUT2D eigenvalue weighted by molar-refractivity contribution is 4.89. The van der Waals surface area contributed by atoms with E-state index in [4.69, 9.17) is 15.2 Å². The second-order valence-electron chi connectivity index (χ2n) is 2.61. The van der Waals surface area contributed by atoms with E-state index in [1.54, 1.807) is 0 Å². The Morgan fingerprint density at radius 2 is 2.18 bits per heavy atom. The number of ether oxygens (including phenoxy) is 1. The Morgan fingerprint density at radius 3 is 2.73 bits per heavy atom. The van der Waals surface area contributed by atoms with Gasteiger partial charge in [-0.05, 0) is 25.7 Å². The van der Waals surface area contributed by atoms with Gasteiger partial charge in [0.25, 0.3) is 0 Å². The molecule has 1 N–H and O–H groups in total. The van der Waals surface area contributed by atoms with Crippen molar-refractivity contribution in [3.05, 3.63) is 17.1 Å². The first-order valence-electron chi connectivity index (χ1n) is 3.73. The fraction of sp³-hybridized carbons (Fsp3) is 0.714. The molecule has 0 aromatic heterocycles. The van der Waals surface area contributed by atoms with Gasteiger partial charge in [0.2, 0.25) is 5.39 Å². The first kappa shape index (κ1) is 7.86. The van der Waals surface area contributed by atoms with Gasteiger partial charge in [-0.25, -0.2) is 0 Å². The van der Waals surface area contributed by atoms with Crippen LogP contribution in [0, 0.1) is 5.39 Å². The zero-order chi connectivity index (χ0) is 8.10. The highest BCUT2D eigenvalue weighted by Crippen LogP contribution is 2.22. The van der Waals surface area contributed by atoms with E-state index in [1.807, 2.05) is 0 Å². The Hall–Kier alpha value is -1.24. The van der Waals surface area contributed by atoms with Crippen LogP contribution in [0.4, 0.5) is 0 Å². The van der Waals surface area contributed by atoms with Gasteiger partial charge in [0, 0.05) is 0 Å². The van der Waals surface area contributed by atoms with E-state index < -0.39 is 0 Å². The molecule has 0 saturated heterocycles. The van der Waals surface area contributed by atoms with E-state index in [2.05, 4.69) is 4.98 Å². The lowest BCUT2D eigenvalue weighted by molar-refractivity contribution is 0.0363. The molecule has 0 aromatic carbocycles. The normalized spacial score (nSPS) is 19.7. The quantitative estimate of drug-likeness (QED) is 0.491. The molecule has 0 unspecified atom stereocenters. The molecular weight excluding hydrogens is 144 g/mol. The maximum atomic E-state index is 8.89. The minimum Gasteiger partial charge on any atom is -0.476 e. The molecule has 0 heterocycles. The molecule has 4 heteroatoms. The lowest BCUT2D eigenvalue weighted by Gasteiger charge is -2.07. The largest absolute Gasteiger partial charge is 0.476 e. The number of aliphatic hydroxyl groups excluding tert-OH is 1. The van der Waals surface area contributed by atoms with Gasteiger partial charge in [-0.15, -0.1) is 0 Å². The highest BCUT2D eigenvalue weighted by atomic mass is 16.6. The molecule has 0 amide bonds. The molecule has 60 valence electrons. The topological polar surface area (TPSA) is 57.6 Å². The number of aliphatic hydroxyl groups is 1. The van der Waals surface area contributed by atoms with Crippen LogP contribution in [0.3, 0.4) is 0 Å². The van der Waals surface area contributed by atoms with Gasteiger partial charge < -0.3 is 9.84 Å². The van der Waals surface area contributed by atoms with Gasteiger partial charge >= 0.3 is 12.1 Å². The smallest absolute Gasteiger partial charge is 0.429 e. The molecule has 0 atom stereocenters. The summed E-state index contributed by atoms with van der Waals surface area (Å²) in [6.07, 6.45) is 5.24. The van der Waals surface area contributed by atoms with Crippen LogP contribution >= 0.6 is 0 Å². The Labute approximate surface area is 65.1 Å². The highest BCUT2D eigenvalue weighted by Gasteiger charge is 2.18. The maximum absolute atomic E-state index is 8.89. The van der Waals surface area contributed by atoms with E-state index in [1.165, 1.54) is 0 Å². The summed E-state index contributed by atoms with van der Waals surface area (Å²) in [4.78, 5) is 2.64. The Morgan fingerprint density at radius 1 is 1.55 bits per heavy atom. The van der Waals surface area contributed by atoms with Crippen molar-refractivity contribution in [1.82, 2.24) is 0 Å². The van der Waals surface area contributed by atoms with Gasteiger partial charge in [-0.3, -0.25) is 0 Å². The summed E-state index contributed by atoms with van der Waals surface area (Å²) in [5, 5.41) is 16.9. The zero-order valence-electron chi connectivity index (χ0n) is 6.23. The summed E-state index contributed by atoms with van der Waals surface area (Å²) >= 11 is 0.